The summed E-state index contributed by atoms with van der Waals surface area (Å²) in [6.45, 7) is 3.26. The molecule has 3 aromatic carbocycles. The van der Waals surface area contributed by atoms with Gasteiger partial charge in [-0.2, -0.15) is 0 Å². The standard InChI is InChI=1S/C26H27ClN2O2/c1-19(20-5-3-2-4-6-20)28-23-11-13-24(14-12-23)29-25(30)26(15-17-31-18-16-26)21-7-9-22(27)10-8-21/h2-14,19,28H,15-18H2,1H3,(H,29,30). The van der Waals surface area contributed by atoms with Crippen molar-refractivity contribution in [1.29, 1.82) is 0 Å². The van der Waals surface area contributed by atoms with Gasteiger partial charge in [-0.05, 0) is 67.3 Å². The summed E-state index contributed by atoms with van der Waals surface area (Å²) in [5.74, 6) is -0.00325. The lowest BCUT2D eigenvalue weighted by molar-refractivity contribution is -0.125. The summed E-state index contributed by atoms with van der Waals surface area (Å²) in [5, 5.41) is 7.29. The van der Waals surface area contributed by atoms with E-state index in [-0.39, 0.29) is 11.9 Å². The Morgan fingerprint density at radius 1 is 0.903 bits per heavy atom. The molecule has 1 aliphatic rings. The van der Waals surface area contributed by atoms with Gasteiger partial charge in [-0.15, -0.1) is 0 Å². The molecule has 1 heterocycles. The number of benzene rings is 3. The Morgan fingerprint density at radius 3 is 2.16 bits per heavy atom. The number of carbonyl (C=O) groups excluding carboxylic acids is 1. The second-order valence-electron chi connectivity index (χ2n) is 8.01. The first-order valence-electron chi connectivity index (χ1n) is 10.6. The average molecular weight is 435 g/mol. The van der Waals surface area contributed by atoms with E-state index in [1.165, 1.54) is 5.56 Å². The first-order valence-corrected chi connectivity index (χ1v) is 11.0. The topological polar surface area (TPSA) is 50.4 Å². The van der Waals surface area contributed by atoms with Gasteiger partial charge in [0, 0.05) is 35.7 Å². The first kappa shape index (κ1) is 21.4. The molecule has 31 heavy (non-hydrogen) atoms. The van der Waals surface area contributed by atoms with Crippen LogP contribution >= 0.6 is 11.6 Å². The fraction of sp³-hybridized carbons (Fsp3) is 0.269. The second kappa shape index (κ2) is 9.54. The van der Waals surface area contributed by atoms with Gasteiger partial charge in [-0.3, -0.25) is 4.79 Å². The molecule has 5 heteroatoms. The summed E-state index contributed by atoms with van der Waals surface area (Å²) in [5.41, 5.74) is 3.38. The van der Waals surface area contributed by atoms with Crippen LogP contribution in [-0.4, -0.2) is 19.1 Å². The smallest absolute Gasteiger partial charge is 0.235 e. The molecule has 1 saturated heterocycles. The normalized spacial score (nSPS) is 16.3. The lowest BCUT2D eigenvalue weighted by Crippen LogP contribution is -2.44. The van der Waals surface area contributed by atoms with Crippen molar-refractivity contribution in [1.82, 2.24) is 0 Å². The van der Waals surface area contributed by atoms with Gasteiger partial charge < -0.3 is 15.4 Å². The SMILES string of the molecule is CC(Nc1ccc(NC(=O)C2(c3ccc(Cl)cc3)CCOCC2)cc1)c1ccccc1. The van der Waals surface area contributed by atoms with Gasteiger partial charge in [0.05, 0.1) is 5.41 Å². The molecule has 4 nitrogen and oxygen atoms in total. The summed E-state index contributed by atoms with van der Waals surface area (Å²) in [6, 6.07) is 26.0. The predicted octanol–water partition coefficient (Wildman–Crippen LogP) is 6.20. The van der Waals surface area contributed by atoms with E-state index >= 15 is 0 Å². The van der Waals surface area contributed by atoms with Gasteiger partial charge >= 0.3 is 0 Å². The van der Waals surface area contributed by atoms with E-state index in [0.29, 0.717) is 31.1 Å². The van der Waals surface area contributed by atoms with Crippen molar-refractivity contribution in [3.63, 3.8) is 0 Å². The van der Waals surface area contributed by atoms with Crippen molar-refractivity contribution in [2.45, 2.75) is 31.2 Å². The maximum atomic E-state index is 13.4. The van der Waals surface area contributed by atoms with Crippen LogP contribution < -0.4 is 10.6 Å². The molecule has 1 unspecified atom stereocenters. The van der Waals surface area contributed by atoms with Crippen molar-refractivity contribution >= 4 is 28.9 Å². The van der Waals surface area contributed by atoms with E-state index in [0.717, 1.165) is 16.9 Å². The van der Waals surface area contributed by atoms with E-state index in [1.807, 2.05) is 66.7 Å². The van der Waals surface area contributed by atoms with Crippen molar-refractivity contribution in [2.24, 2.45) is 0 Å². The number of carbonyl (C=O) groups is 1. The predicted molar refractivity (Wildman–Crippen MR) is 127 cm³/mol. The number of nitrogens with one attached hydrogen (secondary N) is 2. The molecule has 0 saturated carbocycles. The number of halogens is 1. The summed E-state index contributed by atoms with van der Waals surface area (Å²) in [6.07, 6.45) is 1.30. The quantitative estimate of drug-likeness (QED) is 0.485. The minimum absolute atomic E-state index is 0.00325. The molecule has 0 radical (unpaired) electrons. The lowest BCUT2D eigenvalue weighted by Gasteiger charge is -2.36. The average Bonchev–Trinajstić information content (AvgIpc) is 2.81. The summed E-state index contributed by atoms with van der Waals surface area (Å²) < 4.78 is 5.55. The Labute approximate surface area is 188 Å². The van der Waals surface area contributed by atoms with Crippen LogP contribution in [0.25, 0.3) is 0 Å². The number of anilines is 2. The van der Waals surface area contributed by atoms with Crippen LogP contribution in [0.15, 0.2) is 78.9 Å². The van der Waals surface area contributed by atoms with Crippen LogP contribution in [0.5, 0.6) is 0 Å². The number of hydrogen-bond acceptors (Lipinski definition) is 3. The number of amides is 1. The molecule has 2 N–H and O–H groups in total. The zero-order valence-electron chi connectivity index (χ0n) is 17.6. The molecule has 0 bridgehead atoms. The Kier molecular flexibility index (Phi) is 6.59. The molecule has 3 aromatic rings. The third kappa shape index (κ3) is 4.92. The highest BCUT2D eigenvalue weighted by Gasteiger charge is 2.41. The molecular weight excluding hydrogens is 408 g/mol. The summed E-state index contributed by atoms with van der Waals surface area (Å²) in [7, 11) is 0. The molecule has 160 valence electrons. The van der Waals surface area contributed by atoms with Crippen molar-refractivity contribution < 1.29 is 9.53 Å². The first-order chi connectivity index (χ1) is 15.1. The molecule has 0 aromatic heterocycles. The van der Waals surface area contributed by atoms with Gasteiger partial charge in [-0.1, -0.05) is 54.1 Å². The van der Waals surface area contributed by atoms with Crippen LogP contribution in [0.2, 0.25) is 5.02 Å². The lowest BCUT2D eigenvalue weighted by atomic mass is 9.73. The third-order valence-corrected chi connectivity index (χ3v) is 6.26. The highest BCUT2D eigenvalue weighted by Crippen LogP contribution is 2.37. The van der Waals surface area contributed by atoms with Gasteiger partial charge in [0.25, 0.3) is 0 Å². The van der Waals surface area contributed by atoms with Gasteiger partial charge in [-0.25, -0.2) is 0 Å². The van der Waals surface area contributed by atoms with E-state index in [4.69, 9.17) is 16.3 Å². The minimum Gasteiger partial charge on any atom is -0.381 e. The molecule has 4 rings (SSSR count). The Bertz CT molecular complexity index is 998. The molecular formula is C26H27ClN2O2. The number of ether oxygens (including phenoxy) is 1. The minimum atomic E-state index is -0.610. The number of rotatable bonds is 6. The molecule has 0 spiro atoms. The van der Waals surface area contributed by atoms with E-state index in [9.17, 15) is 4.79 Å². The van der Waals surface area contributed by atoms with Gasteiger partial charge in [0.1, 0.15) is 0 Å². The fourth-order valence-corrected chi connectivity index (χ4v) is 4.24. The van der Waals surface area contributed by atoms with Crippen LogP contribution in [0.1, 0.15) is 36.9 Å². The van der Waals surface area contributed by atoms with Crippen LogP contribution in [0, 0.1) is 0 Å². The zero-order valence-corrected chi connectivity index (χ0v) is 18.4. The third-order valence-electron chi connectivity index (χ3n) is 6.00. The van der Waals surface area contributed by atoms with E-state index in [1.54, 1.807) is 0 Å². The van der Waals surface area contributed by atoms with Gasteiger partial charge in [0.2, 0.25) is 5.91 Å². The monoisotopic (exact) mass is 434 g/mol. The maximum absolute atomic E-state index is 13.4. The van der Waals surface area contributed by atoms with Crippen LogP contribution in [0.4, 0.5) is 11.4 Å². The van der Waals surface area contributed by atoms with Crippen LogP contribution in [0.3, 0.4) is 0 Å². The highest BCUT2D eigenvalue weighted by molar-refractivity contribution is 6.30. The second-order valence-corrected chi connectivity index (χ2v) is 8.45. The van der Waals surface area contributed by atoms with Crippen molar-refractivity contribution in [2.75, 3.05) is 23.8 Å². The van der Waals surface area contributed by atoms with Crippen molar-refractivity contribution in [3.8, 4) is 0 Å². The fourth-order valence-electron chi connectivity index (χ4n) is 4.11. The van der Waals surface area contributed by atoms with Crippen molar-refractivity contribution in [3.05, 3.63) is 95.0 Å². The Hall–Kier alpha value is -2.82. The van der Waals surface area contributed by atoms with E-state index < -0.39 is 5.41 Å². The highest BCUT2D eigenvalue weighted by atomic mass is 35.5. The molecule has 1 fully saturated rings. The van der Waals surface area contributed by atoms with E-state index in [2.05, 4.69) is 29.7 Å². The molecule has 1 aliphatic heterocycles. The molecule has 1 amide bonds. The maximum Gasteiger partial charge on any atom is 0.235 e. The largest absolute Gasteiger partial charge is 0.381 e. The van der Waals surface area contributed by atoms with Gasteiger partial charge in [0.15, 0.2) is 0 Å². The molecule has 0 aliphatic carbocycles. The zero-order chi connectivity index (χ0) is 21.7. The molecule has 1 atom stereocenters. The number of hydrogen-bond donors (Lipinski definition) is 2. The van der Waals surface area contributed by atoms with Crippen LogP contribution in [-0.2, 0) is 14.9 Å². The summed E-state index contributed by atoms with van der Waals surface area (Å²) in [4.78, 5) is 13.4. The Balaban J connectivity index is 1.47. The summed E-state index contributed by atoms with van der Waals surface area (Å²) >= 11 is 6.06. The Morgan fingerprint density at radius 2 is 1.52 bits per heavy atom.